The summed E-state index contributed by atoms with van der Waals surface area (Å²) in [5, 5.41) is 14.9. The number of hydrogen-bond acceptors (Lipinski definition) is 4. The Bertz CT molecular complexity index is 1150. The van der Waals surface area contributed by atoms with Gasteiger partial charge in [0, 0.05) is 49.5 Å². The largest absolute Gasteiger partial charge is 0.338 e. The van der Waals surface area contributed by atoms with E-state index in [0.717, 1.165) is 28.2 Å². The fourth-order valence-electron chi connectivity index (χ4n) is 3.55. The predicted molar refractivity (Wildman–Crippen MR) is 111 cm³/mol. The van der Waals surface area contributed by atoms with Crippen molar-refractivity contribution in [2.75, 3.05) is 6.54 Å². The number of carbonyl (C=O) groups is 1. The van der Waals surface area contributed by atoms with E-state index >= 15 is 0 Å². The van der Waals surface area contributed by atoms with E-state index in [1.807, 2.05) is 27.8 Å². The van der Waals surface area contributed by atoms with Gasteiger partial charge in [-0.25, -0.2) is 0 Å². The fourth-order valence-corrected chi connectivity index (χ4v) is 3.83. The van der Waals surface area contributed by atoms with Crippen LogP contribution in [0, 0.1) is 11.3 Å². The van der Waals surface area contributed by atoms with Gasteiger partial charge in [0.15, 0.2) is 0 Å². The molecule has 146 valence electrons. The van der Waals surface area contributed by atoms with Crippen LogP contribution in [0.3, 0.4) is 0 Å². The Labute approximate surface area is 178 Å². The minimum Gasteiger partial charge on any atom is -0.338 e. The van der Waals surface area contributed by atoms with Crippen LogP contribution in [0.2, 0.25) is 10.0 Å². The maximum Gasteiger partial charge on any atom is 0.219 e. The van der Waals surface area contributed by atoms with Gasteiger partial charge >= 0.3 is 0 Å². The Morgan fingerprint density at radius 1 is 1.28 bits per heavy atom. The summed E-state index contributed by atoms with van der Waals surface area (Å²) in [6.07, 6.45) is 2.23. The van der Waals surface area contributed by atoms with Crippen LogP contribution >= 0.6 is 23.2 Å². The Kier molecular flexibility index (Phi) is 5.27. The van der Waals surface area contributed by atoms with Crippen molar-refractivity contribution in [3.63, 3.8) is 0 Å². The minimum atomic E-state index is 0.0336. The second kappa shape index (κ2) is 7.86. The van der Waals surface area contributed by atoms with E-state index in [4.69, 9.17) is 28.3 Å². The molecule has 0 spiro atoms. The molecule has 1 amide bonds. The Morgan fingerprint density at radius 2 is 2.10 bits per heavy atom. The molecule has 0 aliphatic carbocycles. The first kappa shape index (κ1) is 19.4. The van der Waals surface area contributed by atoms with Crippen molar-refractivity contribution in [3.8, 4) is 17.3 Å². The standard InChI is InChI=1S/C21H17Cl2N5O/c1-13(29)27-6-5-20-17(12-27)21(15-4-2-3-14(7-15)9-24)26-28(20)11-16-8-18(22)19(23)10-25-16/h2-4,7-8,10H,5-6,11-12H2,1H3. The molecule has 29 heavy (non-hydrogen) atoms. The molecule has 1 aliphatic heterocycles. The summed E-state index contributed by atoms with van der Waals surface area (Å²) in [6.45, 7) is 3.15. The summed E-state index contributed by atoms with van der Waals surface area (Å²) >= 11 is 12.1. The van der Waals surface area contributed by atoms with Crippen molar-refractivity contribution >= 4 is 29.1 Å². The SMILES string of the molecule is CC(=O)N1CCc2c(c(-c3cccc(C#N)c3)nn2Cc2cc(Cl)c(Cl)cn2)C1. The number of rotatable bonds is 3. The third-order valence-electron chi connectivity index (χ3n) is 5.02. The molecule has 3 aromatic rings. The van der Waals surface area contributed by atoms with Crippen LogP contribution in [0.4, 0.5) is 0 Å². The summed E-state index contributed by atoms with van der Waals surface area (Å²) in [7, 11) is 0. The molecule has 0 unspecified atom stereocenters. The van der Waals surface area contributed by atoms with E-state index in [0.29, 0.717) is 41.7 Å². The highest BCUT2D eigenvalue weighted by Crippen LogP contribution is 2.31. The predicted octanol–water partition coefficient (Wildman–Crippen LogP) is 4.08. The first-order valence-corrected chi connectivity index (χ1v) is 9.86. The lowest BCUT2D eigenvalue weighted by atomic mass is 9.99. The van der Waals surface area contributed by atoms with Crippen molar-refractivity contribution in [3.05, 3.63) is 69.1 Å². The van der Waals surface area contributed by atoms with Crippen LogP contribution in [0.5, 0.6) is 0 Å². The zero-order chi connectivity index (χ0) is 20.5. The lowest BCUT2D eigenvalue weighted by molar-refractivity contribution is -0.129. The van der Waals surface area contributed by atoms with E-state index in [9.17, 15) is 10.1 Å². The highest BCUT2D eigenvalue weighted by atomic mass is 35.5. The number of pyridine rings is 1. The zero-order valence-electron chi connectivity index (χ0n) is 15.7. The summed E-state index contributed by atoms with van der Waals surface area (Å²) in [4.78, 5) is 18.1. The number of nitriles is 1. The molecule has 8 heteroatoms. The van der Waals surface area contributed by atoms with E-state index < -0.39 is 0 Å². The van der Waals surface area contributed by atoms with Gasteiger partial charge in [0.05, 0.1) is 39.6 Å². The highest BCUT2D eigenvalue weighted by Gasteiger charge is 2.27. The minimum absolute atomic E-state index is 0.0336. The number of amides is 1. The lowest BCUT2D eigenvalue weighted by Crippen LogP contribution is -2.34. The Hall–Kier alpha value is -2.88. The number of hydrogen-bond donors (Lipinski definition) is 0. The van der Waals surface area contributed by atoms with Gasteiger partial charge in [-0.2, -0.15) is 10.4 Å². The molecule has 0 saturated heterocycles. The molecular weight excluding hydrogens is 409 g/mol. The van der Waals surface area contributed by atoms with E-state index in [-0.39, 0.29) is 5.91 Å². The molecule has 0 fully saturated rings. The van der Waals surface area contributed by atoms with E-state index in [1.165, 1.54) is 6.20 Å². The van der Waals surface area contributed by atoms with Crippen molar-refractivity contribution in [1.29, 1.82) is 5.26 Å². The van der Waals surface area contributed by atoms with Crippen LogP contribution in [0.1, 0.15) is 29.4 Å². The third kappa shape index (κ3) is 3.84. The molecule has 4 rings (SSSR count). The summed E-state index contributed by atoms with van der Waals surface area (Å²) < 4.78 is 1.91. The first-order chi connectivity index (χ1) is 14.0. The van der Waals surface area contributed by atoms with Gasteiger partial charge in [0.1, 0.15) is 0 Å². The van der Waals surface area contributed by atoms with Crippen LogP contribution in [0.15, 0.2) is 36.5 Å². The number of aromatic nitrogens is 3. The maximum atomic E-state index is 11.9. The molecule has 0 N–H and O–H groups in total. The van der Waals surface area contributed by atoms with Gasteiger partial charge < -0.3 is 4.90 Å². The van der Waals surface area contributed by atoms with Gasteiger partial charge in [-0.1, -0.05) is 35.3 Å². The normalized spacial score (nSPS) is 13.1. The van der Waals surface area contributed by atoms with Crippen LogP contribution in [-0.2, 0) is 24.3 Å². The second-order valence-corrected chi connectivity index (χ2v) is 7.72. The van der Waals surface area contributed by atoms with Crippen molar-refractivity contribution in [1.82, 2.24) is 19.7 Å². The second-order valence-electron chi connectivity index (χ2n) is 6.90. The van der Waals surface area contributed by atoms with Crippen LogP contribution in [-0.4, -0.2) is 32.1 Å². The number of nitrogens with zero attached hydrogens (tertiary/aromatic N) is 5. The third-order valence-corrected chi connectivity index (χ3v) is 5.73. The number of halogens is 2. The van der Waals surface area contributed by atoms with E-state index in [1.54, 1.807) is 19.1 Å². The monoisotopic (exact) mass is 425 g/mol. The maximum absolute atomic E-state index is 11.9. The molecule has 1 aliphatic rings. The lowest BCUT2D eigenvalue weighted by Gasteiger charge is -2.27. The molecule has 6 nitrogen and oxygen atoms in total. The summed E-state index contributed by atoms with van der Waals surface area (Å²) in [5.74, 6) is 0.0336. The molecule has 2 aromatic heterocycles. The summed E-state index contributed by atoms with van der Waals surface area (Å²) in [6, 6.07) is 11.2. The van der Waals surface area contributed by atoms with E-state index in [2.05, 4.69) is 11.1 Å². The average Bonchev–Trinajstić information content (AvgIpc) is 3.08. The number of fused-ring (bicyclic) bond motifs is 1. The molecule has 0 atom stereocenters. The molecule has 0 bridgehead atoms. The Balaban J connectivity index is 1.79. The van der Waals surface area contributed by atoms with Gasteiger partial charge in [-0.3, -0.25) is 14.5 Å². The number of benzene rings is 1. The van der Waals surface area contributed by atoms with Gasteiger partial charge in [-0.05, 0) is 18.2 Å². The molecule has 0 saturated carbocycles. The first-order valence-electron chi connectivity index (χ1n) is 9.11. The topological polar surface area (TPSA) is 74.8 Å². The van der Waals surface area contributed by atoms with Crippen molar-refractivity contribution in [2.24, 2.45) is 0 Å². The van der Waals surface area contributed by atoms with Crippen molar-refractivity contribution in [2.45, 2.75) is 26.4 Å². The number of carbonyl (C=O) groups excluding carboxylic acids is 1. The average molecular weight is 426 g/mol. The molecule has 1 aromatic carbocycles. The molecule has 0 radical (unpaired) electrons. The van der Waals surface area contributed by atoms with Gasteiger partial charge in [-0.15, -0.1) is 0 Å². The Morgan fingerprint density at radius 3 is 2.83 bits per heavy atom. The smallest absolute Gasteiger partial charge is 0.219 e. The van der Waals surface area contributed by atoms with Crippen LogP contribution < -0.4 is 0 Å². The highest BCUT2D eigenvalue weighted by molar-refractivity contribution is 6.41. The van der Waals surface area contributed by atoms with Gasteiger partial charge in [0.25, 0.3) is 0 Å². The fraction of sp³-hybridized carbons (Fsp3) is 0.238. The zero-order valence-corrected chi connectivity index (χ0v) is 17.2. The summed E-state index contributed by atoms with van der Waals surface area (Å²) in [5.41, 5.74) is 5.01. The van der Waals surface area contributed by atoms with Crippen molar-refractivity contribution < 1.29 is 4.79 Å². The molecular formula is C21H17Cl2N5O. The van der Waals surface area contributed by atoms with Crippen LogP contribution in [0.25, 0.3) is 11.3 Å². The quantitative estimate of drug-likeness (QED) is 0.633. The molecule has 3 heterocycles. The van der Waals surface area contributed by atoms with Gasteiger partial charge in [0.2, 0.25) is 5.91 Å².